The number of nitrogens with two attached hydrogens (primary N) is 2. The predicted octanol–water partition coefficient (Wildman–Crippen LogP) is 1.96. The normalized spacial score (nSPS) is 11.3. The molecule has 0 spiro atoms. The highest BCUT2D eigenvalue weighted by molar-refractivity contribution is 6.09. The van der Waals surface area contributed by atoms with Crippen LogP contribution in [0.2, 0.25) is 0 Å². The highest BCUT2D eigenvalue weighted by Gasteiger charge is 2.13. The maximum Gasteiger partial charge on any atom is 0.338 e. The van der Waals surface area contributed by atoms with Gasteiger partial charge in [0.05, 0.1) is 5.56 Å². The maximum atomic E-state index is 13.6. The Kier molecular flexibility index (Phi) is 4.40. The van der Waals surface area contributed by atoms with Crippen LogP contribution in [0.25, 0.3) is 0 Å². The van der Waals surface area contributed by atoms with Gasteiger partial charge in [-0.1, -0.05) is 6.07 Å². The predicted molar refractivity (Wildman–Crippen MR) is 84.0 cm³/mol. The number of anilines is 1. The minimum absolute atomic E-state index is 0.119. The van der Waals surface area contributed by atoms with Crippen molar-refractivity contribution in [3.05, 3.63) is 64.5 Å². The summed E-state index contributed by atoms with van der Waals surface area (Å²) in [6.45, 7) is 1.75. The number of amidine groups is 1. The fraction of sp³-hybridized carbons (Fsp3) is 0.0625. The van der Waals surface area contributed by atoms with Gasteiger partial charge >= 0.3 is 5.97 Å². The maximum absolute atomic E-state index is 13.6. The summed E-state index contributed by atoms with van der Waals surface area (Å²) >= 11 is 0. The van der Waals surface area contributed by atoms with Crippen molar-refractivity contribution in [2.75, 3.05) is 5.73 Å². The molecule has 0 aliphatic heterocycles. The lowest BCUT2D eigenvalue weighted by molar-refractivity contribution is 0.0691. The van der Waals surface area contributed by atoms with E-state index in [1.165, 1.54) is 12.1 Å². The molecule has 0 bridgehead atoms. The van der Waals surface area contributed by atoms with Gasteiger partial charge in [-0.25, -0.2) is 9.18 Å². The summed E-state index contributed by atoms with van der Waals surface area (Å²) in [7, 11) is 0. The van der Waals surface area contributed by atoms with Gasteiger partial charge in [-0.15, -0.1) is 0 Å². The van der Waals surface area contributed by atoms with Crippen LogP contribution in [0, 0.1) is 12.7 Å². The van der Waals surface area contributed by atoms with Gasteiger partial charge in [0.1, 0.15) is 11.7 Å². The Morgan fingerprint density at radius 1 is 1.13 bits per heavy atom. The summed E-state index contributed by atoms with van der Waals surface area (Å²) in [5.41, 5.74) is 12.6. The summed E-state index contributed by atoms with van der Waals surface area (Å²) in [4.78, 5) is 26.5. The zero-order chi connectivity index (χ0) is 17.1. The number of carbonyl (C=O) groups excluding carboxylic acids is 1. The lowest BCUT2D eigenvalue weighted by Crippen LogP contribution is -2.17. The molecule has 0 atom stereocenters. The van der Waals surface area contributed by atoms with Crippen molar-refractivity contribution in [1.82, 2.24) is 0 Å². The Balaban J connectivity index is 2.31. The van der Waals surface area contributed by atoms with Crippen molar-refractivity contribution in [2.24, 2.45) is 10.7 Å². The molecule has 7 heteroatoms. The van der Waals surface area contributed by atoms with Crippen LogP contribution in [0.1, 0.15) is 31.8 Å². The molecule has 1 amide bonds. The van der Waals surface area contributed by atoms with E-state index in [9.17, 15) is 14.0 Å². The quantitative estimate of drug-likeness (QED) is 0.454. The molecule has 5 N–H and O–H groups in total. The molecule has 0 aromatic heterocycles. The van der Waals surface area contributed by atoms with E-state index in [-0.39, 0.29) is 11.4 Å². The van der Waals surface area contributed by atoms with Crippen molar-refractivity contribution in [3.63, 3.8) is 0 Å². The third-order valence-electron chi connectivity index (χ3n) is 3.23. The number of nitrogens with zero attached hydrogens (tertiary/aromatic N) is 1. The first-order chi connectivity index (χ1) is 10.8. The van der Waals surface area contributed by atoms with Gasteiger partial charge < -0.3 is 16.6 Å². The van der Waals surface area contributed by atoms with E-state index in [0.717, 1.165) is 17.7 Å². The zero-order valence-corrected chi connectivity index (χ0v) is 12.2. The highest BCUT2D eigenvalue weighted by atomic mass is 19.1. The van der Waals surface area contributed by atoms with Gasteiger partial charge in [0.15, 0.2) is 0 Å². The lowest BCUT2D eigenvalue weighted by Gasteiger charge is -2.04. The number of carboxylic acids is 1. The van der Waals surface area contributed by atoms with Crippen LogP contribution in [0.5, 0.6) is 0 Å². The molecule has 0 unspecified atom stereocenters. The number of aryl methyl sites for hydroxylation is 1. The number of hydrogen-bond acceptors (Lipinski definition) is 3. The fourth-order valence-corrected chi connectivity index (χ4v) is 1.90. The van der Waals surface area contributed by atoms with Crippen molar-refractivity contribution in [2.45, 2.75) is 6.92 Å². The molecule has 0 aliphatic rings. The third-order valence-corrected chi connectivity index (χ3v) is 3.23. The van der Waals surface area contributed by atoms with Crippen LogP contribution in [0.15, 0.2) is 41.4 Å². The van der Waals surface area contributed by atoms with E-state index >= 15 is 0 Å². The Morgan fingerprint density at radius 2 is 1.78 bits per heavy atom. The number of benzene rings is 2. The van der Waals surface area contributed by atoms with Crippen LogP contribution in [-0.4, -0.2) is 22.8 Å². The number of amides is 1. The van der Waals surface area contributed by atoms with Crippen LogP contribution in [0.3, 0.4) is 0 Å². The first-order valence-electron chi connectivity index (χ1n) is 6.57. The van der Waals surface area contributed by atoms with Gasteiger partial charge in [-0.3, -0.25) is 4.79 Å². The van der Waals surface area contributed by atoms with Gasteiger partial charge in [0.2, 0.25) is 0 Å². The second-order valence-electron chi connectivity index (χ2n) is 4.87. The SMILES string of the molecule is Cc1cc(C(=O)N=C(N)c2ccc(C(=O)O)c(F)c2)ccc1N. The van der Waals surface area contributed by atoms with Crippen molar-refractivity contribution >= 4 is 23.4 Å². The van der Waals surface area contributed by atoms with Crippen LogP contribution < -0.4 is 11.5 Å². The average molecular weight is 315 g/mol. The number of aromatic carboxylic acids is 1. The molecule has 0 saturated heterocycles. The summed E-state index contributed by atoms with van der Waals surface area (Å²) in [6.07, 6.45) is 0. The van der Waals surface area contributed by atoms with E-state index in [0.29, 0.717) is 11.3 Å². The van der Waals surface area contributed by atoms with Crippen LogP contribution in [0.4, 0.5) is 10.1 Å². The Labute approximate surface area is 131 Å². The molecule has 0 fully saturated rings. The molecule has 0 aliphatic carbocycles. The number of carbonyl (C=O) groups is 2. The third kappa shape index (κ3) is 3.52. The summed E-state index contributed by atoms with van der Waals surface area (Å²) in [5.74, 6) is -3.16. The van der Waals surface area contributed by atoms with Crippen molar-refractivity contribution < 1.29 is 19.1 Å². The molecule has 118 valence electrons. The number of nitrogen functional groups attached to an aromatic ring is 1. The standard InChI is InChI=1S/C16H14FN3O3/c1-8-6-10(3-5-13(8)18)15(21)20-14(19)9-2-4-11(16(22)23)12(17)7-9/h2-7H,18H2,1H3,(H,22,23)(H2,19,20,21). The number of halogens is 1. The molecule has 0 radical (unpaired) electrons. The smallest absolute Gasteiger partial charge is 0.338 e. The summed E-state index contributed by atoms with van der Waals surface area (Å²) < 4.78 is 13.6. The second kappa shape index (κ2) is 6.27. The number of aliphatic imine (C=N–C) groups is 1. The minimum atomic E-state index is -1.39. The molecule has 2 aromatic carbocycles. The minimum Gasteiger partial charge on any atom is -0.478 e. The number of hydrogen-bond donors (Lipinski definition) is 3. The van der Waals surface area contributed by atoms with E-state index in [1.54, 1.807) is 19.1 Å². The Bertz CT molecular complexity index is 831. The van der Waals surface area contributed by atoms with E-state index in [1.807, 2.05) is 0 Å². The van der Waals surface area contributed by atoms with E-state index in [4.69, 9.17) is 16.6 Å². The van der Waals surface area contributed by atoms with E-state index < -0.39 is 23.3 Å². The number of rotatable bonds is 3. The zero-order valence-electron chi connectivity index (χ0n) is 12.2. The van der Waals surface area contributed by atoms with Crippen LogP contribution >= 0.6 is 0 Å². The molecular formula is C16H14FN3O3. The first kappa shape index (κ1) is 16.2. The topological polar surface area (TPSA) is 119 Å². The second-order valence-corrected chi connectivity index (χ2v) is 4.87. The summed E-state index contributed by atoms with van der Waals surface area (Å²) in [6, 6.07) is 7.93. The largest absolute Gasteiger partial charge is 0.478 e. The van der Waals surface area contributed by atoms with Gasteiger partial charge in [-0.2, -0.15) is 4.99 Å². The Morgan fingerprint density at radius 3 is 2.35 bits per heavy atom. The molecular weight excluding hydrogens is 301 g/mol. The fourth-order valence-electron chi connectivity index (χ4n) is 1.90. The summed E-state index contributed by atoms with van der Waals surface area (Å²) in [5, 5.41) is 8.77. The van der Waals surface area contributed by atoms with Gasteiger partial charge in [0.25, 0.3) is 5.91 Å². The molecule has 2 rings (SSSR count). The molecule has 0 heterocycles. The highest BCUT2D eigenvalue weighted by Crippen LogP contribution is 2.14. The van der Waals surface area contributed by atoms with Crippen molar-refractivity contribution in [1.29, 1.82) is 0 Å². The molecule has 2 aromatic rings. The average Bonchev–Trinajstić information content (AvgIpc) is 2.49. The lowest BCUT2D eigenvalue weighted by atomic mass is 10.1. The molecule has 6 nitrogen and oxygen atoms in total. The van der Waals surface area contributed by atoms with Gasteiger partial charge in [0, 0.05) is 16.8 Å². The van der Waals surface area contributed by atoms with Crippen LogP contribution in [-0.2, 0) is 0 Å². The monoisotopic (exact) mass is 315 g/mol. The molecule has 0 saturated carbocycles. The first-order valence-corrected chi connectivity index (χ1v) is 6.57. The number of carboxylic acid groups (broad SMARTS) is 1. The molecule has 23 heavy (non-hydrogen) atoms. The van der Waals surface area contributed by atoms with E-state index in [2.05, 4.69) is 4.99 Å². The van der Waals surface area contributed by atoms with Crippen molar-refractivity contribution in [3.8, 4) is 0 Å². The Hall–Kier alpha value is -3.22. The van der Waals surface area contributed by atoms with Gasteiger partial charge in [-0.05, 0) is 42.8 Å².